The Morgan fingerprint density at radius 2 is 0.688 bits per heavy atom. The monoisotopic (exact) mass is 1150 g/mol. The van der Waals surface area contributed by atoms with Crippen LogP contribution in [-0.4, -0.2) is 68.5 Å². The van der Waals surface area contributed by atoms with Crippen molar-refractivity contribution in [3.8, 4) is 0 Å². The number of nitrogens with zero attached hydrogens (tertiary/aromatic N) is 1. The highest BCUT2D eigenvalue weighted by Crippen LogP contribution is 2.38. The van der Waals surface area contributed by atoms with Crippen molar-refractivity contribution in [3.05, 3.63) is 12.2 Å². The first-order valence-electron chi connectivity index (χ1n) is 36.0. The van der Waals surface area contributed by atoms with Crippen LogP contribution in [0.25, 0.3) is 0 Å². The fraction of sp³-hybridized carbons (Fsp3) is 0.958. The Kier molecular flexibility index (Phi) is 62.2. The van der Waals surface area contributed by atoms with Crippen molar-refractivity contribution >= 4 is 13.7 Å². The molecular weight excluding hydrogens is 1010 g/mol. The van der Waals surface area contributed by atoms with Gasteiger partial charge in [0.25, 0.3) is 7.82 Å². The molecule has 8 nitrogen and oxygen atoms in total. The zero-order valence-corrected chi connectivity index (χ0v) is 55.7. The van der Waals surface area contributed by atoms with Crippen molar-refractivity contribution in [2.24, 2.45) is 0 Å². The van der Waals surface area contributed by atoms with Crippen LogP contribution in [0.5, 0.6) is 0 Å². The van der Waals surface area contributed by atoms with Crippen LogP contribution in [-0.2, 0) is 18.4 Å². The van der Waals surface area contributed by atoms with Crippen molar-refractivity contribution in [1.82, 2.24) is 5.32 Å². The molecule has 0 aliphatic rings. The second kappa shape index (κ2) is 62.8. The molecule has 0 aromatic carbocycles. The first-order valence-corrected chi connectivity index (χ1v) is 37.5. The Morgan fingerprint density at radius 1 is 0.425 bits per heavy atom. The highest BCUT2D eigenvalue weighted by Gasteiger charge is 2.24. The van der Waals surface area contributed by atoms with Crippen molar-refractivity contribution in [2.45, 2.75) is 398 Å². The van der Waals surface area contributed by atoms with E-state index in [-0.39, 0.29) is 19.1 Å². The van der Waals surface area contributed by atoms with Gasteiger partial charge in [0.2, 0.25) is 5.91 Å². The number of phosphoric acid groups is 1. The van der Waals surface area contributed by atoms with Gasteiger partial charge in [0.15, 0.2) is 0 Å². The van der Waals surface area contributed by atoms with Gasteiger partial charge in [-0.05, 0) is 38.5 Å². The van der Waals surface area contributed by atoms with E-state index in [2.05, 4.69) is 31.3 Å². The number of likely N-dealkylation sites (N-methyl/N-ethyl adjacent to an activating group) is 1. The van der Waals surface area contributed by atoms with Gasteiger partial charge in [0.1, 0.15) is 13.2 Å². The maximum atomic E-state index is 13.1. The number of phosphoric ester groups is 1. The number of quaternary nitrogens is 1. The van der Waals surface area contributed by atoms with Gasteiger partial charge in [-0.1, -0.05) is 353 Å². The van der Waals surface area contributed by atoms with E-state index in [9.17, 15) is 19.4 Å². The minimum absolute atomic E-state index is 0.0160. The number of amides is 1. The quantitative estimate of drug-likeness (QED) is 0.0272. The molecule has 0 aromatic rings. The molecule has 3 atom stereocenters. The molecule has 478 valence electrons. The van der Waals surface area contributed by atoms with E-state index in [0.717, 1.165) is 38.5 Å². The third kappa shape index (κ3) is 64.8. The third-order valence-electron chi connectivity index (χ3n) is 17.0. The average Bonchev–Trinajstić information content (AvgIpc) is 3.42. The van der Waals surface area contributed by atoms with Gasteiger partial charge in [-0.2, -0.15) is 0 Å². The predicted octanol–water partition coefficient (Wildman–Crippen LogP) is 22.3. The van der Waals surface area contributed by atoms with Crippen LogP contribution in [0.2, 0.25) is 0 Å². The topological polar surface area (TPSA) is 108 Å². The lowest BCUT2D eigenvalue weighted by Gasteiger charge is -2.30. The number of allylic oxidation sites excluding steroid dienone is 2. The molecule has 0 spiro atoms. The summed E-state index contributed by atoms with van der Waals surface area (Å²) < 4.78 is 23.6. The van der Waals surface area contributed by atoms with Crippen LogP contribution >= 0.6 is 7.82 Å². The Morgan fingerprint density at radius 3 is 0.975 bits per heavy atom. The highest BCUT2D eigenvalue weighted by atomic mass is 31.2. The van der Waals surface area contributed by atoms with Gasteiger partial charge in [-0.3, -0.25) is 9.36 Å². The summed E-state index contributed by atoms with van der Waals surface area (Å²) in [5, 5.41) is 14.1. The number of rotatable bonds is 68. The normalized spacial score (nSPS) is 13.6. The van der Waals surface area contributed by atoms with E-state index in [1.165, 1.54) is 321 Å². The van der Waals surface area contributed by atoms with Gasteiger partial charge in [0.05, 0.1) is 39.9 Å². The SMILES string of the molecule is CCCCCCCCCC/C=C\CCCCCCCCCCCCCCCCCCCCCC(=O)NC(COP(=O)([O-])OCC[N+](C)(C)C)C(O)CCCCCCCCCCCCCCCCCCCCCCCCCCCCC. The molecule has 0 saturated heterocycles. The Labute approximate surface area is 501 Å². The summed E-state index contributed by atoms with van der Waals surface area (Å²) in [7, 11) is 1.33. The van der Waals surface area contributed by atoms with Crippen LogP contribution < -0.4 is 10.2 Å². The lowest BCUT2D eigenvalue weighted by molar-refractivity contribution is -0.870. The van der Waals surface area contributed by atoms with Gasteiger partial charge >= 0.3 is 0 Å². The van der Waals surface area contributed by atoms with Crippen molar-refractivity contribution < 1.29 is 32.9 Å². The molecule has 0 aliphatic heterocycles. The van der Waals surface area contributed by atoms with Gasteiger partial charge in [-0.25, -0.2) is 0 Å². The predicted molar refractivity (Wildman–Crippen MR) is 349 cm³/mol. The van der Waals surface area contributed by atoms with E-state index < -0.39 is 20.0 Å². The molecule has 1 amide bonds. The molecule has 2 N–H and O–H groups in total. The van der Waals surface area contributed by atoms with E-state index in [4.69, 9.17) is 9.05 Å². The molecule has 0 fully saturated rings. The Bertz CT molecular complexity index is 1310. The Balaban J connectivity index is 3.98. The van der Waals surface area contributed by atoms with E-state index in [0.29, 0.717) is 23.9 Å². The zero-order valence-electron chi connectivity index (χ0n) is 54.8. The third-order valence-corrected chi connectivity index (χ3v) is 18.0. The second-order valence-electron chi connectivity index (χ2n) is 26.3. The number of carbonyl (C=O) groups is 1. The molecule has 3 unspecified atom stereocenters. The molecule has 0 aliphatic carbocycles. The molecule has 80 heavy (non-hydrogen) atoms. The number of carbonyl (C=O) groups excluding carboxylic acids is 1. The Hall–Kier alpha value is -0.760. The number of aliphatic hydroxyl groups excluding tert-OH is 1. The highest BCUT2D eigenvalue weighted by molar-refractivity contribution is 7.45. The van der Waals surface area contributed by atoms with Crippen LogP contribution in [0.15, 0.2) is 12.2 Å². The van der Waals surface area contributed by atoms with Crippen LogP contribution in [0.1, 0.15) is 386 Å². The number of hydrogen-bond donors (Lipinski definition) is 2. The molecule has 0 saturated carbocycles. The zero-order chi connectivity index (χ0) is 58.4. The van der Waals surface area contributed by atoms with Crippen LogP contribution in [0.3, 0.4) is 0 Å². The minimum atomic E-state index is -4.58. The standard InChI is InChI=1S/C71H143N2O6P/c1-6-8-10-12-14-16-18-20-22-24-26-28-30-32-34-35-36-37-39-41-43-45-47-49-51-53-55-57-59-61-63-65-71(75)72-69(68-79-80(76,77)78-67-66-73(3,4)5)70(74)64-62-60-58-56-54-52-50-48-46-44-42-40-38-33-31-29-27-25-23-21-19-17-15-13-11-9-7-2/h24,26,69-70,74H,6-23,25,27-68H2,1-5H3,(H-,72,75,76,77)/b26-24-. The van der Waals surface area contributed by atoms with E-state index in [1.54, 1.807) is 0 Å². The second-order valence-corrected chi connectivity index (χ2v) is 27.7. The summed E-state index contributed by atoms with van der Waals surface area (Å²) >= 11 is 0. The molecule has 0 radical (unpaired) electrons. The molecule has 0 rings (SSSR count). The summed E-state index contributed by atoms with van der Waals surface area (Å²) in [6, 6.07) is -0.799. The fourth-order valence-electron chi connectivity index (χ4n) is 11.4. The lowest BCUT2D eigenvalue weighted by atomic mass is 10.0. The van der Waals surface area contributed by atoms with Gasteiger partial charge in [0, 0.05) is 6.42 Å². The number of aliphatic hydroxyl groups is 1. The molecule has 0 bridgehead atoms. The van der Waals surface area contributed by atoms with Gasteiger partial charge < -0.3 is 28.8 Å². The average molecular weight is 1150 g/mol. The largest absolute Gasteiger partial charge is 0.756 e. The summed E-state index contributed by atoms with van der Waals surface area (Å²) in [5.74, 6) is -0.155. The first-order chi connectivity index (χ1) is 39.0. The summed E-state index contributed by atoms with van der Waals surface area (Å²) in [6.45, 7) is 4.79. The van der Waals surface area contributed by atoms with E-state index in [1.807, 2.05) is 21.1 Å². The van der Waals surface area contributed by atoms with Crippen molar-refractivity contribution in [2.75, 3.05) is 40.9 Å². The molecular formula is C71H143N2O6P. The number of unbranched alkanes of at least 4 members (excludes halogenated alkanes) is 53. The number of nitrogens with one attached hydrogen (secondary N) is 1. The van der Waals surface area contributed by atoms with Gasteiger partial charge in [-0.15, -0.1) is 0 Å². The minimum Gasteiger partial charge on any atom is -0.756 e. The smallest absolute Gasteiger partial charge is 0.268 e. The van der Waals surface area contributed by atoms with Crippen molar-refractivity contribution in [1.29, 1.82) is 0 Å². The fourth-order valence-corrected chi connectivity index (χ4v) is 12.1. The summed E-state index contributed by atoms with van der Waals surface area (Å²) in [4.78, 5) is 25.7. The maximum Gasteiger partial charge on any atom is 0.268 e. The van der Waals surface area contributed by atoms with Crippen LogP contribution in [0, 0.1) is 0 Å². The van der Waals surface area contributed by atoms with Crippen LogP contribution in [0.4, 0.5) is 0 Å². The molecule has 0 aromatic heterocycles. The van der Waals surface area contributed by atoms with E-state index >= 15 is 0 Å². The number of hydrogen-bond acceptors (Lipinski definition) is 6. The molecule has 0 heterocycles. The summed E-state index contributed by atoms with van der Waals surface area (Å²) in [6.07, 6.45) is 80.1. The van der Waals surface area contributed by atoms with Crippen molar-refractivity contribution in [3.63, 3.8) is 0 Å². The molecule has 9 heteroatoms. The maximum absolute atomic E-state index is 13.1. The lowest BCUT2D eigenvalue weighted by Crippen LogP contribution is -2.46. The summed E-state index contributed by atoms with van der Waals surface area (Å²) in [5.41, 5.74) is 0. The first kappa shape index (κ1) is 79.2.